The van der Waals surface area contributed by atoms with Crippen LogP contribution < -0.4 is 15.8 Å². The molecule has 2 saturated carbocycles. The Morgan fingerprint density at radius 3 is 2.38 bits per heavy atom. The van der Waals surface area contributed by atoms with Gasteiger partial charge in [0, 0.05) is 12.6 Å². The minimum Gasteiger partial charge on any atom is -0.406 e. The van der Waals surface area contributed by atoms with Crippen LogP contribution in [0.5, 0.6) is 5.75 Å². The molecule has 0 heterocycles. The number of nitrogens with one attached hydrogen (secondary N) is 1. The summed E-state index contributed by atoms with van der Waals surface area (Å²) in [6, 6.07) is 5.40. The number of amides is 1. The van der Waals surface area contributed by atoms with Crippen LogP contribution in [0.4, 0.5) is 13.2 Å². The number of alkyl halides is 3. The fourth-order valence-electron chi connectivity index (χ4n) is 3.84. The van der Waals surface area contributed by atoms with Crippen molar-refractivity contribution in [1.29, 1.82) is 0 Å². The van der Waals surface area contributed by atoms with Gasteiger partial charge in [0.15, 0.2) is 0 Å². The molecule has 2 aliphatic rings. The molecular formula is C16H20ClF3N2O2. The molecule has 0 radical (unpaired) electrons. The second-order valence-corrected chi connectivity index (χ2v) is 6.35. The number of carbonyl (C=O) groups is 1. The Balaban J connectivity index is 0.00000208. The van der Waals surface area contributed by atoms with E-state index in [-0.39, 0.29) is 42.6 Å². The van der Waals surface area contributed by atoms with Crippen LogP contribution in [-0.4, -0.2) is 18.3 Å². The normalized spacial score (nSPS) is 28.3. The Labute approximate surface area is 144 Å². The number of ether oxygens (including phenoxy) is 1. The van der Waals surface area contributed by atoms with Crippen LogP contribution >= 0.6 is 12.4 Å². The summed E-state index contributed by atoms with van der Waals surface area (Å²) in [6.45, 7) is 0.270. The first-order chi connectivity index (χ1) is 10.8. The Hall–Kier alpha value is -1.47. The lowest BCUT2D eigenvalue weighted by atomic mass is 9.84. The summed E-state index contributed by atoms with van der Waals surface area (Å²) in [7, 11) is 0. The van der Waals surface area contributed by atoms with Crippen molar-refractivity contribution in [3.63, 3.8) is 0 Å². The third kappa shape index (κ3) is 4.13. The molecule has 4 nitrogen and oxygen atoms in total. The maximum Gasteiger partial charge on any atom is 0.573 e. The van der Waals surface area contributed by atoms with Crippen LogP contribution in [-0.2, 0) is 11.3 Å². The van der Waals surface area contributed by atoms with Gasteiger partial charge in [0.05, 0.1) is 5.92 Å². The Morgan fingerprint density at radius 2 is 1.83 bits per heavy atom. The summed E-state index contributed by atoms with van der Waals surface area (Å²) in [6.07, 6.45) is -1.51. The van der Waals surface area contributed by atoms with Crippen molar-refractivity contribution in [1.82, 2.24) is 5.32 Å². The highest BCUT2D eigenvalue weighted by atomic mass is 35.5. The zero-order chi connectivity index (χ0) is 16.6. The zero-order valence-electron chi connectivity index (χ0n) is 12.9. The number of hydrogen-bond donors (Lipinski definition) is 2. The van der Waals surface area contributed by atoms with Crippen LogP contribution in [0.1, 0.15) is 24.8 Å². The van der Waals surface area contributed by atoms with Crippen molar-refractivity contribution < 1.29 is 22.7 Å². The maximum absolute atomic E-state index is 12.3. The van der Waals surface area contributed by atoms with E-state index in [4.69, 9.17) is 5.73 Å². The predicted molar refractivity (Wildman–Crippen MR) is 84.5 cm³/mol. The van der Waals surface area contributed by atoms with E-state index in [1.165, 1.54) is 24.3 Å². The molecule has 4 unspecified atom stereocenters. The van der Waals surface area contributed by atoms with Crippen LogP contribution in [0.2, 0.25) is 0 Å². The van der Waals surface area contributed by atoms with Gasteiger partial charge in [-0.25, -0.2) is 0 Å². The summed E-state index contributed by atoms with van der Waals surface area (Å²) in [5.41, 5.74) is 6.84. The molecule has 1 aromatic carbocycles. The van der Waals surface area contributed by atoms with Crippen molar-refractivity contribution in [2.45, 2.75) is 38.2 Å². The molecule has 0 spiro atoms. The van der Waals surface area contributed by atoms with Crippen LogP contribution in [0.3, 0.4) is 0 Å². The Bertz CT molecular complexity index is 578. The highest BCUT2D eigenvalue weighted by molar-refractivity contribution is 5.85. The summed E-state index contributed by atoms with van der Waals surface area (Å²) in [4.78, 5) is 12.3. The van der Waals surface area contributed by atoms with Gasteiger partial charge in [0.25, 0.3) is 0 Å². The number of fused-ring (bicyclic) bond motifs is 2. The first-order valence-corrected chi connectivity index (χ1v) is 7.71. The van der Waals surface area contributed by atoms with E-state index in [1.807, 2.05) is 0 Å². The predicted octanol–water partition coefficient (Wildman–Crippen LogP) is 3.00. The largest absolute Gasteiger partial charge is 0.573 e. The summed E-state index contributed by atoms with van der Waals surface area (Å²) in [5, 5.41) is 2.84. The Morgan fingerprint density at radius 1 is 1.21 bits per heavy atom. The zero-order valence-corrected chi connectivity index (χ0v) is 13.7. The number of nitrogens with two attached hydrogens (primary N) is 1. The quantitative estimate of drug-likeness (QED) is 0.863. The molecule has 0 saturated heterocycles. The fourth-order valence-corrected chi connectivity index (χ4v) is 3.84. The van der Waals surface area contributed by atoms with Crippen molar-refractivity contribution >= 4 is 18.3 Å². The first kappa shape index (κ1) is 18.9. The SMILES string of the molecule is Cl.NC1C2CCC(C2)C1C(=O)NCc1ccc(OC(F)(F)F)cc1. The van der Waals surface area contributed by atoms with Gasteiger partial charge in [-0.3, -0.25) is 4.79 Å². The van der Waals surface area contributed by atoms with Crippen LogP contribution in [0.25, 0.3) is 0 Å². The highest BCUT2D eigenvalue weighted by Gasteiger charge is 2.48. The van der Waals surface area contributed by atoms with E-state index < -0.39 is 6.36 Å². The molecule has 24 heavy (non-hydrogen) atoms. The van der Waals surface area contributed by atoms with Gasteiger partial charge in [-0.05, 0) is 48.8 Å². The number of benzene rings is 1. The van der Waals surface area contributed by atoms with E-state index in [0.717, 1.165) is 19.3 Å². The summed E-state index contributed by atoms with van der Waals surface area (Å²) >= 11 is 0. The molecule has 1 amide bonds. The fraction of sp³-hybridized carbons (Fsp3) is 0.562. The van der Waals surface area contributed by atoms with Crippen LogP contribution in [0.15, 0.2) is 24.3 Å². The van der Waals surface area contributed by atoms with Gasteiger partial charge in [-0.2, -0.15) is 0 Å². The number of rotatable bonds is 4. The molecule has 3 rings (SSSR count). The summed E-state index contributed by atoms with van der Waals surface area (Å²) in [5.74, 6) is 0.358. The number of halogens is 4. The third-order valence-corrected chi connectivity index (χ3v) is 4.91. The van der Waals surface area contributed by atoms with Crippen molar-refractivity contribution in [3.8, 4) is 5.75 Å². The topological polar surface area (TPSA) is 64.4 Å². The van der Waals surface area contributed by atoms with E-state index >= 15 is 0 Å². The highest BCUT2D eigenvalue weighted by Crippen LogP contribution is 2.47. The van der Waals surface area contributed by atoms with E-state index in [1.54, 1.807) is 0 Å². The molecule has 8 heteroatoms. The smallest absolute Gasteiger partial charge is 0.406 e. The molecule has 2 fully saturated rings. The van der Waals surface area contributed by atoms with Crippen molar-refractivity contribution in [3.05, 3.63) is 29.8 Å². The van der Waals surface area contributed by atoms with Gasteiger partial charge in [0.1, 0.15) is 5.75 Å². The molecule has 134 valence electrons. The average Bonchev–Trinajstić information content (AvgIpc) is 3.05. The number of hydrogen-bond acceptors (Lipinski definition) is 3. The molecule has 0 aliphatic heterocycles. The van der Waals surface area contributed by atoms with Gasteiger partial charge in [-0.15, -0.1) is 25.6 Å². The molecule has 4 atom stereocenters. The van der Waals surface area contributed by atoms with Gasteiger partial charge in [0.2, 0.25) is 5.91 Å². The lowest BCUT2D eigenvalue weighted by Gasteiger charge is -2.27. The van der Waals surface area contributed by atoms with Crippen molar-refractivity contribution in [2.75, 3.05) is 0 Å². The second kappa shape index (κ2) is 7.19. The lowest BCUT2D eigenvalue weighted by Crippen LogP contribution is -2.45. The molecule has 2 bridgehead atoms. The second-order valence-electron chi connectivity index (χ2n) is 6.35. The van der Waals surface area contributed by atoms with E-state index in [9.17, 15) is 18.0 Å². The molecular weight excluding hydrogens is 345 g/mol. The van der Waals surface area contributed by atoms with Gasteiger partial charge in [-0.1, -0.05) is 12.1 Å². The monoisotopic (exact) mass is 364 g/mol. The number of carbonyl (C=O) groups excluding carboxylic acids is 1. The van der Waals surface area contributed by atoms with Crippen molar-refractivity contribution in [2.24, 2.45) is 23.5 Å². The Kier molecular flexibility index (Phi) is 5.65. The molecule has 2 aliphatic carbocycles. The van der Waals surface area contributed by atoms with E-state index in [0.29, 0.717) is 17.4 Å². The molecule has 0 aromatic heterocycles. The standard InChI is InChI=1S/C16H19F3N2O2.ClH/c17-16(18,19)23-12-5-1-9(2-6-12)8-21-15(22)13-10-3-4-11(7-10)14(13)20;/h1-2,5-6,10-11,13-14H,3-4,7-8,20H2,(H,21,22);1H. The first-order valence-electron chi connectivity index (χ1n) is 7.71. The van der Waals surface area contributed by atoms with Gasteiger partial charge < -0.3 is 15.8 Å². The lowest BCUT2D eigenvalue weighted by molar-refractivity contribution is -0.274. The van der Waals surface area contributed by atoms with E-state index in [2.05, 4.69) is 10.1 Å². The summed E-state index contributed by atoms with van der Waals surface area (Å²) < 4.78 is 40.1. The average molecular weight is 365 g/mol. The molecule has 3 N–H and O–H groups in total. The van der Waals surface area contributed by atoms with Crippen LogP contribution in [0, 0.1) is 17.8 Å². The molecule has 1 aromatic rings. The van der Waals surface area contributed by atoms with Gasteiger partial charge >= 0.3 is 6.36 Å². The minimum absolute atomic E-state index is 0. The maximum atomic E-state index is 12.3. The third-order valence-electron chi connectivity index (χ3n) is 4.91. The minimum atomic E-state index is -4.70.